The van der Waals surface area contributed by atoms with Crippen LogP contribution in [0.3, 0.4) is 0 Å². The van der Waals surface area contributed by atoms with Gasteiger partial charge in [-0.15, -0.1) is 0 Å². The van der Waals surface area contributed by atoms with E-state index >= 15 is 0 Å². The quantitative estimate of drug-likeness (QED) is 0.437. The Morgan fingerprint density at radius 2 is 1.71 bits per heavy atom. The fourth-order valence-corrected chi connectivity index (χ4v) is 3.42. The second kappa shape index (κ2) is 11.1. The third-order valence-corrected chi connectivity index (χ3v) is 5.28. The highest BCUT2D eigenvalue weighted by Crippen LogP contribution is 2.17. The number of nitrogens with zero attached hydrogens (tertiary/aromatic N) is 2. The number of benzene rings is 2. The predicted octanol–water partition coefficient (Wildman–Crippen LogP) is 4.98. The minimum atomic E-state index is 0.0353. The number of methoxy groups -OCH3 is 1. The molecule has 0 aliphatic carbocycles. The van der Waals surface area contributed by atoms with Gasteiger partial charge in [0, 0.05) is 43.9 Å². The minimum Gasteiger partial charge on any atom is -0.497 e. The van der Waals surface area contributed by atoms with Gasteiger partial charge in [-0.25, -0.2) is 0 Å². The number of Topliss-reactive ketones (excluding diaryl/α,β-unsaturated/α-hetero) is 1. The Hall–Kier alpha value is -3.47. The van der Waals surface area contributed by atoms with E-state index in [4.69, 9.17) is 4.74 Å². The summed E-state index contributed by atoms with van der Waals surface area (Å²) in [6.07, 6.45) is 4.69. The van der Waals surface area contributed by atoms with Crippen LogP contribution in [0.25, 0.3) is 0 Å². The van der Waals surface area contributed by atoms with E-state index in [2.05, 4.69) is 18.0 Å². The summed E-state index contributed by atoms with van der Waals surface area (Å²) in [5.41, 5.74) is 3.90. The molecule has 0 unspecified atom stereocenters. The van der Waals surface area contributed by atoms with E-state index in [0.29, 0.717) is 43.7 Å². The highest BCUT2D eigenvalue weighted by molar-refractivity contribution is 5.96. The zero-order chi connectivity index (χ0) is 22.1. The Kier molecular flexibility index (Phi) is 7.93. The second-order valence-electron chi connectivity index (χ2n) is 7.54. The Morgan fingerprint density at radius 1 is 0.935 bits per heavy atom. The Morgan fingerprint density at radius 3 is 2.39 bits per heavy atom. The van der Waals surface area contributed by atoms with Crippen molar-refractivity contribution >= 4 is 11.7 Å². The molecule has 3 aromatic rings. The number of carbonyl (C=O) groups excluding carboxylic acids is 2. The van der Waals surface area contributed by atoms with Crippen LogP contribution in [0, 0.1) is 6.92 Å². The van der Waals surface area contributed by atoms with E-state index in [-0.39, 0.29) is 11.7 Å². The van der Waals surface area contributed by atoms with Crippen molar-refractivity contribution in [1.82, 2.24) is 9.88 Å². The standard InChI is InChI=1S/C26H28N2O3/c1-20-7-3-4-9-23(20)19-28(18-21-8-6-16-27-17-21)26(30)11-5-10-25(29)22-12-14-24(31-2)15-13-22/h3-4,6-9,12-17H,5,10-11,18-19H2,1-2H3. The Labute approximate surface area is 183 Å². The maximum Gasteiger partial charge on any atom is 0.223 e. The Bertz CT molecular complexity index is 1000. The van der Waals surface area contributed by atoms with Crippen LogP contribution in [0.5, 0.6) is 5.75 Å². The maximum absolute atomic E-state index is 13.0. The molecule has 31 heavy (non-hydrogen) atoms. The smallest absolute Gasteiger partial charge is 0.223 e. The van der Waals surface area contributed by atoms with Crippen LogP contribution in [0.1, 0.15) is 46.3 Å². The first-order chi connectivity index (χ1) is 15.1. The number of amides is 1. The van der Waals surface area contributed by atoms with E-state index < -0.39 is 0 Å². The summed E-state index contributed by atoms with van der Waals surface area (Å²) >= 11 is 0. The highest BCUT2D eigenvalue weighted by atomic mass is 16.5. The van der Waals surface area contributed by atoms with Crippen LogP contribution in [-0.2, 0) is 17.9 Å². The molecule has 1 heterocycles. The number of ether oxygens (including phenoxy) is 1. The number of aryl methyl sites for hydroxylation is 1. The highest BCUT2D eigenvalue weighted by Gasteiger charge is 2.16. The van der Waals surface area contributed by atoms with Crippen LogP contribution in [-0.4, -0.2) is 28.7 Å². The lowest BCUT2D eigenvalue weighted by Gasteiger charge is -2.24. The molecular weight excluding hydrogens is 388 g/mol. The van der Waals surface area contributed by atoms with E-state index in [0.717, 1.165) is 16.7 Å². The van der Waals surface area contributed by atoms with Gasteiger partial charge in [-0.2, -0.15) is 0 Å². The summed E-state index contributed by atoms with van der Waals surface area (Å²) in [4.78, 5) is 31.5. The van der Waals surface area contributed by atoms with Crippen molar-refractivity contribution in [3.05, 3.63) is 95.3 Å². The molecule has 0 bridgehead atoms. The summed E-state index contributed by atoms with van der Waals surface area (Å²) in [5, 5.41) is 0. The van der Waals surface area contributed by atoms with E-state index in [9.17, 15) is 9.59 Å². The summed E-state index contributed by atoms with van der Waals surface area (Å²) in [7, 11) is 1.59. The lowest BCUT2D eigenvalue weighted by molar-refractivity contribution is -0.132. The molecule has 3 rings (SSSR count). The van der Waals surface area contributed by atoms with Gasteiger partial charge in [-0.3, -0.25) is 14.6 Å². The number of aromatic nitrogens is 1. The van der Waals surface area contributed by atoms with Gasteiger partial charge < -0.3 is 9.64 Å². The summed E-state index contributed by atoms with van der Waals surface area (Å²) in [5.74, 6) is 0.789. The first-order valence-electron chi connectivity index (χ1n) is 10.5. The fourth-order valence-electron chi connectivity index (χ4n) is 3.42. The number of hydrogen-bond donors (Lipinski definition) is 0. The minimum absolute atomic E-state index is 0.0353. The molecule has 0 fully saturated rings. The SMILES string of the molecule is COc1ccc(C(=O)CCCC(=O)N(Cc2cccnc2)Cc2ccccc2C)cc1. The topological polar surface area (TPSA) is 59.5 Å². The summed E-state index contributed by atoms with van der Waals surface area (Å²) < 4.78 is 5.13. The van der Waals surface area contributed by atoms with E-state index in [1.165, 1.54) is 0 Å². The molecule has 1 amide bonds. The number of hydrogen-bond acceptors (Lipinski definition) is 4. The third-order valence-electron chi connectivity index (χ3n) is 5.28. The van der Waals surface area contributed by atoms with Crippen molar-refractivity contribution < 1.29 is 14.3 Å². The van der Waals surface area contributed by atoms with Gasteiger partial charge in [0.1, 0.15) is 5.75 Å². The third kappa shape index (κ3) is 6.51. The van der Waals surface area contributed by atoms with Crippen molar-refractivity contribution in [3.8, 4) is 5.75 Å². The zero-order valence-corrected chi connectivity index (χ0v) is 18.1. The van der Waals surface area contributed by atoms with Crippen molar-refractivity contribution in [2.45, 2.75) is 39.3 Å². The molecular formula is C26H28N2O3. The molecule has 0 aliphatic rings. The molecule has 160 valence electrons. The molecule has 0 radical (unpaired) electrons. The van der Waals surface area contributed by atoms with Crippen molar-refractivity contribution in [2.24, 2.45) is 0 Å². The number of carbonyl (C=O) groups is 2. The first kappa shape index (κ1) is 22.2. The van der Waals surface area contributed by atoms with Gasteiger partial charge in [0.2, 0.25) is 5.91 Å². The van der Waals surface area contributed by atoms with Gasteiger partial charge in [-0.05, 0) is 60.4 Å². The molecule has 0 saturated carbocycles. The van der Waals surface area contributed by atoms with Gasteiger partial charge in [-0.1, -0.05) is 30.3 Å². The zero-order valence-electron chi connectivity index (χ0n) is 18.1. The summed E-state index contributed by atoms with van der Waals surface area (Å²) in [6, 6.07) is 19.0. The van der Waals surface area contributed by atoms with Crippen molar-refractivity contribution in [3.63, 3.8) is 0 Å². The molecule has 2 aromatic carbocycles. The molecule has 0 aliphatic heterocycles. The molecule has 5 heteroatoms. The van der Waals surface area contributed by atoms with Crippen molar-refractivity contribution in [1.29, 1.82) is 0 Å². The summed E-state index contributed by atoms with van der Waals surface area (Å²) in [6.45, 7) is 3.08. The van der Waals surface area contributed by atoms with Crippen LogP contribution >= 0.6 is 0 Å². The van der Waals surface area contributed by atoms with Crippen LogP contribution in [0.4, 0.5) is 0 Å². The van der Waals surface area contributed by atoms with E-state index in [1.54, 1.807) is 43.8 Å². The van der Waals surface area contributed by atoms with Gasteiger partial charge in [0.15, 0.2) is 5.78 Å². The van der Waals surface area contributed by atoms with Gasteiger partial charge >= 0.3 is 0 Å². The lowest BCUT2D eigenvalue weighted by atomic mass is 10.0. The monoisotopic (exact) mass is 416 g/mol. The first-order valence-corrected chi connectivity index (χ1v) is 10.5. The molecule has 0 saturated heterocycles. The van der Waals surface area contributed by atoms with Crippen molar-refractivity contribution in [2.75, 3.05) is 7.11 Å². The fraction of sp³-hybridized carbons (Fsp3) is 0.269. The predicted molar refractivity (Wildman–Crippen MR) is 121 cm³/mol. The number of ketones is 1. The lowest BCUT2D eigenvalue weighted by Crippen LogP contribution is -2.30. The average molecular weight is 417 g/mol. The normalized spacial score (nSPS) is 10.5. The maximum atomic E-state index is 13.0. The van der Waals surface area contributed by atoms with E-state index in [1.807, 2.05) is 35.2 Å². The Balaban J connectivity index is 1.61. The number of pyridine rings is 1. The molecule has 0 atom stereocenters. The largest absolute Gasteiger partial charge is 0.497 e. The average Bonchev–Trinajstić information content (AvgIpc) is 2.80. The van der Waals surface area contributed by atoms with Gasteiger partial charge in [0.05, 0.1) is 7.11 Å². The second-order valence-corrected chi connectivity index (χ2v) is 7.54. The van der Waals surface area contributed by atoms with Crippen LogP contribution in [0.2, 0.25) is 0 Å². The molecule has 1 aromatic heterocycles. The molecule has 0 spiro atoms. The number of rotatable bonds is 10. The molecule has 0 N–H and O–H groups in total. The van der Waals surface area contributed by atoms with Gasteiger partial charge in [0.25, 0.3) is 0 Å². The van der Waals surface area contributed by atoms with Crippen LogP contribution < -0.4 is 4.74 Å². The van der Waals surface area contributed by atoms with Crippen LogP contribution in [0.15, 0.2) is 73.1 Å². The molecule has 5 nitrogen and oxygen atoms in total.